The molecule has 1 heteroatoms. The third-order valence-corrected chi connectivity index (χ3v) is 6.16. The molecular formula is C30H28O. The van der Waals surface area contributed by atoms with Crippen molar-refractivity contribution in [3.63, 3.8) is 0 Å². The molecule has 1 nitrogen and oxygen atoms in total. The van der Waals surface area contributed by atoms with Gasteiger partial charge in [0, 0.05) is 22.1 Å². The minimum absolute atomic E-state index is 0.946. The van der Waals surface area contributed by atoms with Crippen molar-refractivity contribution in [3.8, 4) is 33.6 Å². The van der Waals surface area contributed by atoms with Crippen molar-refractivity contribution in [3.05, 3.63) is 96.1 Å². The first-order chi connectivity index (χ1) is 15.3. The molecule has 1 heterocycles. The molecular weight excluding hydrogens is 376 g/mol. The van der Waals surface area contributed by atoms with E-state index < -0.39 is 0 Å². The maximum Gasteiger partial charge on any atom is 0.142 e. The lowest BCUT2D eigenvalue weighted by Gasteiger charge is -2.15. The molecule has 0 aromatic heterocycles. The van der Waals surface area contributed by atoms with Crippen LogP contribution in [0.2, 0.25) is 0 Å². The van der Waals surface area contributed by atoms with E-state index in [-0.39, 0.29) is 0 Å². The zero-order valence-electron chi connectivity index (χ0n) is 18.3. The van der Waals surface area contributed by atoms with Crippen molar-refractivity contribution in [2.75, 3.05) is 0 Å². The third kappa shape index (κ3) is 3.35. The fourth-order valence-corrected chi connectivity index (χ4v) is 4.94. The molecule has 0 N–H and O–H groups in total. The van der Waals surface area contributed by atoms with Gasteiger partial charge in [0.25, 0.3) is 0 Å². The van der Waals surface area contributed by atoms with Gasteiger partial charge in [-0.1, -0.05) is 106 Å². The predicted octanol–water partition coefficient (Wildman–Crippen LogP) is 8.78. The van der Waals surface area contributed by atoms with Gasteiger partial charge in [0.2, 0.25) is 0 Å². The van der Waals surface area contributed by atoms with Crippen molar-refractivity contribution in [1.29, 1.82) is 0 Å². The van der Waals surface area contributed by atoms with E-state index in [2.05, 4.69) is 98.8 Å². The first kappa shape index (κ1) is 19.6. The minimum Gasteiger partial charge on any atom is -0.455 e. The average Bonchev–Trinajstić information content (AvgIpc) is 3.14. The van der Waals surface area contributed by atoms with E-state index in [9.17, 15) is 0 Å². The molecule has 3 aromatic rings. The smallest absolute Gasteiger partial charge is 0.142 e. The van der Waals surface area contributed by atoms with E-state index in [1.807, 2.05) is 0 Å². The van der Waals surface area contributed by atoms with Crippen LogP contribution in [0.25, 0.3) is 44.5 Å². The Morgan fingerprint density at radius 3 is 1.74 bits per heavy atom. The lowest BCUT2D eigenvalue weighted by Crippen LogP contribution is -1.93. The van der Waals surface area contributed by atoms with Crippen molar-refractivity contribution in [2.45, 2.75) is 39.5 Å². The Labute approximate surface area is 184 Å². The van der Waals surface area contributed by atoms with Crippen molar-refractivity contribution in [1.82, 2.24) is 0 Å². The molecule has 3 aromatic carbocycles. The summed E-state index contributed by atoms with van der Waals surface area (Å²) < 4.78 is 6.63. The second-order valence-corrected chi connectivity index (χ2v) is 8.24. The highest BCUT2D eigenvalue weighted by Gasteiger charge is 2.29. The van der Waals surface area contributed by atoms with Crippen LogP contribution in [0.15, 0.2) is 89.3 Å². The van der Waals surface area contributed by atoms with E-state index in [4.69, 9.17) is 4.42 Å². The number of hydrogen-bond donors (Lipinski definition) is 0. The van der Waals surface area contributed by atoms with E-state index in [1.54, 1.807) is 0 Å². The van der Waals surface area contributed by atoms with Crippen LogP contribution in [-0.2, 0) is 12.8 Å². The summed E-state index contributed by atoms with van der Waals surface area (Å²) in [6.45, 7) is 4.56. The van der Waals surface area contributed by atoms with Gasteiger partial charge in [-0.05, 0) is 41.2 Å². The zero-order valence-corrected chi connectivity index (χ0v) is 18.3. The van der Waals surface area contributed by atoms with Crippen LogP contribution in [0.1, 0.15) is 37.8 Å². The minimum atomic E-state index is 0.946. The summed E-state index contributed by atoms with van der Waals surface area (Å²) in [5, 5.41) is 1.20. The van der Waals surface area contributed by atoms with E-state index >= 15 is 0 Å². The quantitative estimate of drug-likeness (QED) is 0.276. The van der Waals surface area contributed by atoms with Gasteiger partial charge in [-0.15, -0.1) is 0 Å². The molecule has 31 heavy (non-hydrogen) atoms. The van der Waals surface area contributed by atoms with E-state index in [1.165, 1.54) is 38.8 Å². The van der Waals surface area contributed by atoms with Crippen molar-refractivity contribution >= 4 is 11.0 Å². The molecule has 5 rings (SSSR count). The SMILES string of the molecule is CCCc1c(CCC)c(-c2ccccc2)c2c3ccccc3oc(-c3ccccc3)c1-2. The number of fused-ring (bicyclic) bond motifs is 3. The standard InChI is InChI=1S/C30H28O/c1-3-13-23-24(14-4-2)29-28(27(23)21-15-7-5-8-16-21)25-19-11-12-20-26(25)31-30(29)22-17-9-6-10-18-22/h5-12,15-20H,3-4,13-14H2,1-2H3. The molecule has 0 saturated carbocycles. The molecule has 2 aliphatic rings. The Morgan fingerprint density at radius 2 is 1.10 bits per heavy atom. The molecule has 1 aliphatic heterocycles. The number of para-hydroxylation sites is 1. The van der Waals surface area contributed by atoms with Gasteiger partial charge < -0.3 is 4.42 Å². The van der Waals surface area contributed by atoms with Crippen LogP contribution < -0.4 is 0 Å². The molecule has 0 spiro atoms. The van der Waals surface area contributed by atoms with Crippen LogP contribution in [0, 0.1) is 0 Å². The molecule has 0 radical (unpaired) electrons. The summed E-state index contributed by atoms with van der Waals surface area (Å²) in [5.74, 6) is 0.997. The van der Waals surface area contributed by atoms with E-state index in [0.29, 0.717) is 0 Å². The highest BCUT2D eigenvalue weighted by atomic mass is 16.3. The molecule has 0 amide bonds. The third-order valence-electron chi connectivity index (χ3n) is 6.16. The lowest BCUT2D eigenvalue weighted by atomic mass is 9.93. The Kier molecular flexibility index (Phi) is 5.34. The van der Waals surface area contributed by atoms with Gasteiger partial charge in [-0.3, -0.25) is 0 Å². The molecule has 1 aliphatic carbocycles. The summed E-state index contributed by atoms with van der Waals surface area (Å²) >= 11 is 0. The average molecular weight is 405 g/mol. The maximum absolute atomic E-state index is 6.63. The first-order valence-electron chi connectivity index (χ1n) is 11.4. The molecule has 0 saturated heterocycles. The Balaban J connectivity index is 1.98. The van der Waals surface area contributed by atoms with Gasteiger partial charge in [-0.2, -0.15) is 0 Å². The van der Waals surface area contributed by atoms with Gasteiger partial charge >= 0.3 is 0 Å². The lowest BCUT2D eigenvalue weighted by molar-refractivity contribution is 0.621. The fraction of sp³-hybridized carbons (Fsp3) is 0.200. The topological polar surface area (TPSA) is 13.1 Å². The monoisotopic (exact) mass is 404 g/mol. The second kappa shape index (κ2) is 8.43. The number of rotatable bonds is 6. The Hall–Kier alpha value is -3.32. The van der Waals surface area contributed by atoms with Crippen molar-refractivity contribution < 1.29 is 4.42 Å². The van der Waals surface area contributed by atoms with Gasteiger partial charge in [0.1, 0.15) is 11.3 Å². The predicted molar refractivity (Wildman–Crippen MR) is 132 cm³/mol. The Bertz CT molecular complexity index is 1280. The van der Waals surface area contributed by atoms with Crippen LogP contribution in [0.3, 0.4) is 0 Å². The largest absolute Gasteiger partial charge is 0.455 e. The molecule has 0 atom stereocenters. The summed E-state index contributed by atoms with van der Waals surface area (Å²) in [6.07, 6.45) is 4.39. The Morgan fingerprint density at radius 1 is 0.548 bits per heavy atom. The molecule has 0 fully saturated rings. The summed E-state index contributed by atoms with van der Waals surface area (Å²) in [6, 6.07) is 30.0. The van der Waals surface area contributed by atoms with E-state index in [0.717, 1.165) is 42.6 Å². The van der Waals surface area contributed by atoms with Crippen LogP contribution in [-0.4, -0.2) is 0 Å². The fourth-order valence-electron chi connectivity index (χ4n) is 4.94. The highest BCUT2D eigenvalue weighted by Crippen LogP contribution is 2.51. The summed E-state index contributed by atoms with van der Waals surface area (Å²) in [5.41, 5.74) is 10.4. The summed E-state index contributed by atoms with van der Waals surface area (Å²) in [7, 11) is 0. The molecule has 0 bridgehead atoms. The number of benzene rings is 3. The molecule has 0 unspecified atom stereocenters. The van der Waals surface area contributed by atoms with Gasteiger partial charge in [0.05, 0.1) is 0 Å². The highest BCUT2D eigenvalue weighted by molar-refractivity contribution is 6.09. The van der Waals surface area contributed by atoms with Gasteiger partial charge in [0.15, 0.2) is 0 Å². The first-order valence-corrected chi connectivity index (χ1v) is 11.4. The molecule has 154 valence electrons. The van der Waals surface area contributed by atoms with Crippen molar-refractivity contribution in [2.24, 2.45) is 0 Å². The summed E-state index contributed by atoms with van der Waals surface area (Å²) in [4.78, 5) is 0. The van der Waals surface area contributed by atoms with Crippen LogP contribution in [0.4, 0.5) is 0 Å². The normalized spacial score (nSPS) is 11.4. The zero-order chi connectivity index (χ0) is 21.2. The second-order valence-electron chi connectivity index (χ2n) is 8.24. The van der Waals surface area contributed by atoms with Crippen LogP contribution in [0.5, 0.6) is 0 Å². The van der Waals surface area contributed by atoms with Crippen LogP contribution >= 0.6 is 0 Å². The number of hydrogen-bond acceptors (Lipinski definition) is 1. The van der Waals surface area contributed by atoms with Gasteiger partial charge in [-0.25, -0.2) is 0 Å². The maximum atomic E-state index is 6.63.